The van der Waals surface area contributed by atoms with E-state index < -0.39 is 0 Å². The van der Waals surface area contributed by atoms with E-state index in [9.17, 15) is 4.79 Å². The van der Waals surface area contributed by atoms with E-state index in [1.807, 2.05) is 0 Å². The van der Waals surface area contributed by atoms with Gasteiger partial charge in [-0.25, -0.2) is 0 Å². The lowest BCUT2D eigenvalue weighted by atomic mass is 10.0. The van der Waals surface area contributed by atoms with E-state index in [2.05, 4.69) is 22.9 Å². The van der Waals surface area contributed by atoms with Crippen LogP contribution in [0.3, 0.4) is 0 Å². The first-order chi connectivity index (χ1) is 9.39. The van der Waals surface area contributed by atoms with Crippen molar-refractivity contribution in [1.82, 2.24) is 10.6 Å². The Balaban J connectivity index is 1.93. The van der Waals surface area contributed by atoms with Gasteiger partial charge in [-0.3, -0.25) is 4.79 Å². The van der Waals surface area contributed by atoms with Gasteiger partial charge in [0.15, 0.2) is 0 Å². The van der Waals surface area contributed by atoms with Gasteiger partial charge in [0.25, 0.3) is 0 Å². The van der Waals surface area contributed by atoms with Crippen molar-refractivity contribution in [3.05, 3.63) is 27.2 Å². The fourth-order valence-corrected chi connectivity index (χ4v) is 2.67. The third-order valence-electron chi connectivity index (χ3n) is 3.33. The Hall–Kier alpha value is -0.520. The third-order valence-corrected chi connectivity index (χ3v) is 4.36. The van der Waals surface area contributed by atoms with Crippen molar-refractivity contribution in [1.29, 1.82) is 0 Å². The fraction of sp³-hybridized carbons (Fsp3) is 0.462. The predicted octanol–water partition coefficient (Wildman–Crippen LogP) is 2.93. The maximum atomic E-state index is 11.9. The molecule has 110 valence electrons. The topological polar surface area (TPSA) is 53.2 Å². The second-order valence-corrected chi connectivity index (χ2v) is 6.36. The number of rotatable bonds is 4. The van der Waals surface area contributed by atoms with Crippen molar-refractivity contribution in [2.75, 3.05) is 25.0 Å². The van der Waals surface area contributed by atoms with Crippen LogP contribution in [-0.4, -0.2) is 31.1 Å². The Bertz CT molecular complexity index is 516. The first-order valence-corrected chi connectivity index (χ1v) is 7.43. The molecule has 1 fully saturated rings. The molecule has 4 nitrogen and oxygen atoms in total. The van der Waals surface area contributed by atoms with Crippen molar-refractivity contribution in [2.24, 2.45) is 0 Å². The molecule has 3 N–H and O–H groups in total. The Labute approximate surface area is 133 Å². The summed E-state index contributed by atoms with van der Waals surface area (Å²) >= 11 is 17.8. The SMILES string of the molecule is CC1(NCC(=O)Nc2cc(Cl)c(Cl)cc2Cl)CCNC1. The Kier molecular flexibility index (Phi) is 5.15. The van der Waals surface area contributed by atoms with Crippen molar-refractivity contribution < 1.29 is 4.79 Å². The lowest BCUT2D eigenvalue weighted by Gasteiger charge is -2.24. The van der Waals surface area contributed by atoms with Gasteiger partial charge >= 0.3 is 0 Å². The van der Waals surface area contributed by atoms with E-state index >= 15 is 0 Å². The molecular weight excluding hydrogens is 321 g/mol. The average molecular weight is 337 g/mol. The smallest absolute Gasteiger partial charge is 0.238 e. The molecule has 20 heavy (non-hydrogen) atoms. The molecule has 1 aliphatic rings. The van der Waals surface area contributed by atoms with E-state index in [0.29, 0.717) is 20.8 Å². The molecular formula is C13H16Cl3N3O. The Morgan fingerprint density at radius 2 is 2.00 bits per heavy atom. The number of nitrogens with one attached hydrogen (secondary N) is 3. The van der Waals surface area contributed by atoms with Crippen LogP contribution in [0.5, 0.6) is 0 Å². The largest absolute Gasteiger partial charge is 0.324 e. The van der Waals surface area contributed by atoms with Crippen LogP contribution in [0, 0.1) is 0 Å². The van der Waals surface area contributed by atoms with Gasteiger partial charge in [-0.1, -0.05) is 34.8 Å². The van der Waals surface area contributed by atoms with Gasteiger partial charge in [0.05, 0.1) is 27.3 Å². The van der Waals surface area contributed by atoms with Crippen LogP contribution in [0.25, 0.3) is 0 Å². The molecule has 1 amide bonds. The number of carbonyl (C=O) groups excluding carboxylic acids is 1. The summed E-state index contributed by atoms with van der Waals surface area (Å²) in [6.45, 7) is 4.12. The minimum absolute atomic E-state index is 0.0429. The summed E-state index contributed by atoms with van der Waals surface area (Å²) in [6.07, 6.45) is 0.994. The predicted molar refractivity (Wildman–Crippen MR) is 84.0 cm³/mol. The van der Waals surface area contributed by atoms with Crippen LogP contribution in [0.4, 0.5) is 5.69 Å². The molecule has 0 bridgehead atoms. The molecule has 1 unspecified atom stereocenters. The second-order valence-electron chi connectivity index (χ2n) is 5.14. The highest BCUT2D eigenvalue weighted by atomic mass is 35.5. The van der Waals surface area contributed by atoms with Crippen molar-refractivity contribution in [3.63, 3.8) is 0 Å². The third kappa shape index (κ3) is 3.99. The highest BCUT2D eigenvalue weighted by Gasteiger charge is 2.28. The molecule has 0 aromatic heterocycles. The van der Waals surface area contributed by atoms with Crippen LogP contribution in [-0.2, 0) is 4.79 Å². The molecule has 1 aliphatic heterocycles. The van der Waals surface area contributed by atoms with Crippen molar-refractivity contribution in [2.45, 2.75) is 18.9 Å². The van der Waals surface area contributed by atoms with Crippen LogP contribution in [0.1, 0.15) is 13.3 Å². The van der Waals surface area contributed by atoms with E-state index in [1.165, 1.54) is 6.07 Å². The molecule has 1 aromatic carbocycles. The maximum absolute atomic E-state index is 11.9. The monoisotopic (exact) mass is 335 g/mol. The number of benzene rings is 1. The molecule has 1 saturated heterocycles. The summed E-state index contributed by atoms with van der Waals surface area (Å²) in [5, 5.41) is 10.3. The van der Waals surface area contributed by atoms with Gasteiger partial charge < -0.3 is 16.0 Å². The number of hydrogen-bond acceptors (Lipinski definition) is 3. The first kappa shape index (κ1) is 15.9. The first-order valence-electron chi connectivity index (χ1n) is 6.30. The molecule has 0 spiro atoms. The standard InChI is InChI=1S/C13H16Cl3N3O/c1-13(2-3-17-7-13)18-6-12(20)19-11-5-9(15)8(14)4-10(11)16/h4-5,17-18H,2-3,6-7H2,1H3,(H,19,20). The summed E-state index contributed by atoms with van der Waals surface area (Å²) in [7, 11) is 0. The van der Waals surface area contributed by atoms with E-state index in [1.54, 1.807) is 6.07 Å². The molecule has 0 radical (unpaired) electrons. The van der Waals surface area contributed by atoms with Crippen molar-refractivity contribution >= 4 is 46.4 Å². The molecule has 7 heteroatoms. The minimum atomic E-state index is -0.168. The molecule has 0 aliphatic carbocycles. The maximum Gasteiger partial charge on any atom is 0.238 e. The second kappa shape index (κ2) is 6.50. The van der Waals surface area contributed by atoms with Gasteiger partial charge in [-0.2, -0.15) is 0 Å². The molecule has 1 atom stereocenters. The van der Waals surface area contributed by atoms with E-state index in [4.69, 9.17) is 34.8 Å². The van der Waals surface area contributed by atoms with Crippen LogP contribution < -0.4 is 16.0 Å². The lowest BCUT2D eigenvalue weighted by Crippen LogP contribution is -2.47. The zero-order valence-electron chi connectivity index (χ0n) is 11.0. The normalized spacial score (nSPS) is 22.0. The summed E-state index contributed by atoms with van der Waals surface area (Å²) in [5.74, 6) is -0.168. The van der Waals surface area contributed by atoms with E-state index in [-0.39, 0.29) is 18.0 Å². The number of amides is 1. The summed E-state index contributed by atoms with van der Waals surface area (Å²) in [6, 6.07) is 3.06. The fourth-order valence-electron chi connectivity index (χ4n) is 2.07. The number of anilines is 1. The Morgan fingerprint density at radius 1 is 1.30 bits per heavy atom. The van der Waals surface area contributed by atoms with E-state index in [0.717, 1.165) is 19.5 Å². The molecule has 2 rings (SSSR count). The summed E-state index contributed by atoms with van der Waals surface area (Å²) < 4.78 is 0. The van der Waals surface area contributed by atoms with Crippen molar-refractivity contribution in [3.8, 4) is 0 Å². The minimum Gasteiger partial charge on any atom is -0.324 e. The van der Waals surface area contributed by atoms with Gasteiger partial charge in [0.1, 0.15) is 0 Å². The van der Waals surface area contributed by atoms with Gasteiger partial charge in [0, 0.05) is 12.1 Å². The van der Waals surface area contributed by atoms with Crippen LogP contribution in [0.15, 0.2) is 12.1 Å². The van der Waals surface area contributed by atoms with Gasteiger partial charge in [-0.15, -0.1) is 0 Å². The number of carbonyl (C=O) groups is 1. The van der Waals surface area contributed by atoms with Gasteiger partial charge in [-0.05, 0) is 32.0 Å². The highest BCUT2D eigenvalue weighted by molar-refractivity contribution is 6.44. The zero-order chi connectivity index (χ0) is 14.8. The molecule has 0 saturated carbocycles. The quantitative estimate of drug-likeness (QED) is 0.741. The van der Waals surface area contributed by atoms with Gasteiger partial charge in [0.2, 0.25) is 5.91 Å². The Morgan fingerprint density at radius 3 is 2.65 bits per heavy atom. The highest BCUT2D eigenvalue weighted by Crippen LogP contribution is 2.32. The molecule has 1 heterocycles. The molecule has 1 aromatic rings. The summed E-state index contributed by atoms with van der Waals surface area (Å²) in [5.41, 5.74) is 0.418. The van der Waals surface area contributed by atoms with Crippen LogP contribution in [0.2, 0.25) is 15.1 Å². The average Bonchev–Trinajstić information content (AvgIpc) is 2.81. The summed E-state index contributed by atoms with van der Waals surface area (Å²) in [4.78, 5) is 11.9. The lowest BCUT2D eigenvalue weighted by molar-refractivity contribution is -0.115. The number of hydrogen-bond donors (Lipinski definition) is 3. The number of halogens is 3. The van der Waals surface area contributed by atoms with Crippen LogP contribution >= 0.6 is 34.8 Å². The zero-order valence-corrected chi connectivity index (χ0v) is 13.3.